The van der Waals surface area contributed by atoms with Crippen molar-refractivity contribution in [2.45, 2.75) is 6.42 Å². The van der Waals surface area contributed by atoms with Crippen LogP contribution in [0.2, 0.25) is 0 Å². The van der Waals surface area contributed by atoms with Crippen LogP contribution >= 0.6 is 0 Å². The molecule has 0 fully saturated rings. The molecule has 0 radical (unpaired) electrons. The van der Waals surface area contributed by atoms with Gasteiger partial charge in [-0.2, -0.15) is 0 Å². The molecule has 3 aromatic carbocycles. The van der Waals surface area contributed by atoms with Crippen LogP contribution < -0.4 is 5.32 Å². The van der Waals surface area contributed by atoms with Gasteiger partial charge in [0.1, 0.15) is 0 Å². The maximum atomic E-state index is 12.1. The number of hydrogen-bond donors (Lipinski definition) is 2. The van der Waals surface area contributed by atoms with Crippen molar-refractivity contribution in [1.82, 2.24) is 0 Å². The number of amides is 1. The summed E-state index contributed by atoms with van der Waals surface area (Å²) in [6, 6.07) is 24.0. The molecule has 4 heteroatoms. The van der Waals surface area contributed by atoms with Crippen molar-refractivity contribution >= 4 is 17.6 Å². The van der Waals surface area contributed by atoms with E-state index in [-0.39, 0.29) is 17.9 Å². The molecule has 124 valence electrons. The van der Waals surface area contributed by atoms with Crippen LogP contribution in [0.3, 0.4) is 0 Å². The molecule has 3 rings (SSSR count). The molecule has 25 heavy (non-hydrogen) atoms. The monoisotopic (exact) mass is 331 g/mol. The van der Waals surface area contributed by atoms with Crippen molar-refractivity contribution in [3.63, 3.8) is 0 Å². The zero-order valence-corrected chi connectivity index (χ0v) is 13.5. The average Bonchev–Trinajstić information content (AvgIpc) is 2.63. The largest absolute Gasteiger partial charge is 0.478 e. The van der Waals surface area contributed by atoms with Crippen LogP contribution in [0.25, 0.3) is 11.1 Å². The molecule has 0 heterocycles. The van der Waals surface area contributed by atoms with E-state index < -0.39 is 5.97 Å². The minimum Gasteiger partial charge on any atom is -0.478 e. The van der Waals surface area contributed by atoms with Crippen LogP contribution in [0.15, 0.2) is 78.9 Å². The summed E-state index contributed by atoms with van der Waals surface area (Å²) in [5.74, 6) is -1.13. The molecule has 4 nitrogen and oxygen atoms in total. The molecule has 0 spiro atoms. The van der Waals surface area contributed by atoms with Gasteiger partial charge in [-0.1, -0.05) is 54.6 Å². The van der Waals surface area contributed by atoms with E-state index in [4.69, 9.17) is 5.11 Å². The Kier molecular flexibility index (Phi) is 4.90. The Labute approximate surface area is 145 Å². The third-order valence-electron chi connectivity index (χ3n) is 3.84. The van der Waals surface area contributed by atoms with E-state index in [0.29, 0.717) is 5.69 Å². The lowest BCUT2D eigenvalue weighted by Crippen LogP contribution is -2.14. The number of benzene rings is 3. The van der Waals surface area contributed by atoms with Crippen molar-refractivity contribution in [1.29, 1.82) is 0 Å². The maximum absolute atomic E-state index is 12.1. The zero-order chi connectivity index (χ0) is 17.6. The van der Waals surface area contributed by atoms with Crippen LogP contribution in [0, 0.1) is 0 Å². The van der Waals surface area contributed by atoms with Gasteiger partial charge in [-0.15, -0.1) is 0 Å². The lowest BCUT2D eigenvalue weighted by Gasteiger charge is -2.07. The fourth-order valence-electron chi connectivity index (χ4n) is 2.53. The Morgan fingerprint density at radius 3 is 1.96 bits per heavy atom. The minimum atomic E-state index is -0.989. The zero-order valence-electron chi connectivity index (χ0n) is 13.5. The summed E-state index contributed by atoms with van der Waals surface area (Å²) in [7, 11) is 0. The molecule has 1 amide bonds. The van der Waals surface area contributed by atoms with Gasteiger partial charge >= 0.3 is 5.97 Å². The number of carbonyl (C=O) groups is 2. The summed E-state index contributed by atoms with van der Waals surface area (Å²) in [6.45, 7) is 0. The first-order chi connectivity index (χ1) is 12.1. The molecule has 0 unspecified atom stereocenters. The molecule has 0 saturated heterocycles. The van der Waals surface area contributed by atoms with Crippen LogP contribution in [0.1, 0.15) is 15.9 Å². The number of hydrogen-bond acceptors (Lipinski definition) is 2. The highest BCUT2D eigenvalue weighted by atomic mass is 16.4. The minimum absolute atomic E-state index is 0.143. The fourth-order valence-corrected chi connectivity index (χ4v) is 2.53. The topological polar surface area (TPSA) is 66.4 Å². The Morgan fingerprint density at radius 2 is 1.36 bits per heavy atom. The second kappa shape index (κ2) is 7.45. The number of aromatic carboxylic acids is 1. The average molecular weight is 331 g/mol. The van der Waals surface area contributed by atoms with Gasteiger partial charge < -0.3 is 10.4 Å². The van der Waals surface area contributed by atoms with Gasteiger partial charge in [-0.05, 0) is 41.0 Å². The van der Waals surface area contributed by atoms with E-state index in [9.17, 15) is 9.59 Å². The molecular weight excluding hydrogens is 314 g/mol. The lowest BCUT2D eigenvalue weighted by atomic mass is 10.0. The molecule has 0 aliphatic carbocycles. The Balaban J connectivity index is 1.62. The second-order valence-corrected chi connectivity index (χ2v) is 5.67. The Hall–Kier alpha value is -3.40. The molecule has 2 N–H and O–H groups in total. The third kappa shape index (κ3) is 4.32. The molecular formula is C21H17NO3. The predicted octanol–water partition coefficient (Wildman–Crippen LogP) is 4.23. The van der Waals surface area contributed by atoms with Gasteiger partial charge in [-0.3, -0.25) is 4.79 Å². The first-order valence-electron chi connectivity index (χ1n) is 7.89. The van der Waals surface area contributed by atoms with Gasteiger partial charge in [0, 0.05) is 5.69 Å². The molecule has 0 atom stereocenters. The summed E-state index contributed by atoms with van der Waals surface area (Å²) in [5, 5.41) is 11.6. The Bertz CT molecular complexity index is 869. The number of nitrogens with one attached hydrogen (secondary N) is 1. The van der Waals surface area contributed by atoms with Crippen molar-refractivity contribution in [2.75, 3.05) is 5.32 Å². The molecule has 0 saturated carbocycles. The van der Waals surface area contributed by atoms with E-state index in [1.54, 1.807) is 12.1 Å². The van der Waals surface area contributed by atoms with Gasteiger partial charge in [-0.25, -0.2) is 4.79 Å². The molecule has 0 aromatic heterocycles. The smallest absolute Gasteiger partial charge is 0.335 e. The van der Waals surface area contributed by atoms with Gasteiger partial charge in [0.15, 0.2) is 0 Å². The number of carboxylic acids is 1. The quantitative estimate of drug-likeness (QED) is 0.735. The third-order valence-corrected chi connectivity index (χ3v) is 3.84. The van der Waals surface area contributed by atoms with E-state index in [0.717, 1.165) is 16.7 Å². The van der Waals surface area contributed by atoms with E-state index in [1.165, 1.54) is 12.1 Å². The number of anilines is 1. The predicted molar refractivity (Wildman–Crippen MR) is 97.6 cm³/mol. The summed E-state index contributed by atoms with van der Waals surface area (Å²) in [6.07, 6.45) is 0.260. The van der Waals surface area contributed by atoms with Crippen molar-refractivity contribution in [3.8, 4) is 11.1 Å². The van der Waals surface area contributed by atoms with Crippen LogP contribution in [0.4, 0.5) is 5.69 Å². The standard InChI is InChI=1S/C21H17NO3/c23-20(22-19-12-10-18(11-13-19)21(24)25)14-15-6-8-17(9-7-15)16-4-2-1-3-5-16/h1-13H,14H2,(H,22,23)(H,24,25). The number of rotatable bonds is 5. The highest BCUT2D eigenvalue weighted by molar-refractivity contribution is 5.93. The molecule has 0 bridgehead atoms. The van der Waals surface area contributed by atoms with Crippen LogP contribution in [0.5, 0.6) is 0 Å². The number of carbonyl (C=O) groups excluding carboxylic acids is 1. The fraction of sp³-hybridized carbons (Fsp3) is 0.0476. The highest BCUT2D eigenvalue weighted by Gasteiger charge is 2.06. The normalized spacial score (nSPS) is 10.2. The summed E-state index contributed by atoms with van der Waals surface area (Å²) in [5.41, 5.74) is 3.93. The van der Waals surface area contributed by atoms with Crippen LogP contribution in [-0.2, 0) is 11.2 Å². The van der Waals surface area contributed by atoms with Gasteiger partial charge in [0.25, 0.3) is 0 Å². The number of carboxylic acid groups (broad SMARTS) is 1. The van der Waals surface area contributed by atoms with E-state index in [2.05, 4.69) is 5.32 Å². The van der Waals surface area contributed by atoms with Crippen molar-refractivity contribution < 1.29 is 14.7 Å². The summed E-state index contributed by atoms with van der Waals surface area (Å²) < 4.78 is 0. The van der Waals surface area contributed by atoms with E-state index in [1.807, 2.05) is 54.6 Å². The van der Waals surface area contributed by atoms with E-state index >= 15 is 0 Å². The second-order valence-electron chi connectivity index (χ2n) is 5.67. The molecule has 0 aliphatic heterocycles. The first-order valence-corrected chi connectivity index (χ1v) is 7.89. The maximum Gasteiger partial charge on any atom is 0.335 e. The van der Waals surface area contributed by atoms with Gasteiger partial charge in [0.05, 0.1) is 12.0 Å². The molecule has 3 aromatic rings. The first kappa shape index (κ1) is 16.5. The Morgan fingerprint density at radius 1 is 0.760 bits per heavy atom. The van der Waals surface area contributed by atoms with Crippen molar-refractivity contribution in [3.05, 3.63) is 90.0 Å². The molecule has 0 aliphatic rings. The lowest BCUT2D eigenvalue weighted by molar-refractivity contribution is -0.115. The highest BCUT2D eigenvalue weighted by Crippen LogP contribution is 2.19. The summed E-state index contributed by atoms with van der Waals surface area (Å²) >= 11 is 0. The summed E-state index contributed by atoms with van der Waals surface area (Å²) in [4.78, 5) is 22.9. The van der Waals surface area contributed by atoms with Gasteiger partial charge in [0.2, 0.25) is 5.91 Å². The van der Waals surface area contributed by atoms with Crippen LogP contribution in [-0.4, -0.2) is 17.0 Å². The SMILES string of the molecule is O=C(Cc1ccc(-c2ccccc2)cc1)Nc1ccc(C(=O)O)cc1. The van der Waals surface area contributed by atoms with Crippen molar-refractivity contribution in [2.24, 2.45) is 0 Å².